The molecule has 9 nitrogen and oxygen atoms in total. The second-order valence-corrected chi connectivity index (χ2v) is 4.83. The fourth-order valence-electron chi connectivity index (χ4n) is 2.35. The van der Waals surface area contributed by atoms with Gasteiger partial charge in [0.1, 0.15) is 0 Å². The van der Waals surface area contributed by atoms with Crippen LogP contribution in [0.1, 0.15) is 12.8 Å². The van der Waals surface area contributed by atoms with E-state index >= 15 is 0 Å². The van der Waals surface area contributed by atoms with E-state index in [4.69, 9.17) is 10.6 Å². The van der Waals surface area contributed by atoms with E-state index in [9.17, 15) is 0 Å². The Kier molecular flexibility index (Phi) is 4.09. The van der Waals surface area contributed by atoms with Crippen molar-refractivity contribution < 1.29 is 4.74 Å². The third-order valence-corrected chi connectivity index (χ3v) is 3.41. The number of rotatable bonds is 4. The molecule has 0 aromatic carbocycles. The summed E-state index contributed by atoms with van der Waals surface area (Å²) in [5, 5.41) is 2.03. The number of nitrogens with two attached hydrogens (primary N) is 1. The van der Waals surface area contributed by atoms with E-state index in [1.54, 1.807) is 0 Å². The number of nitrogens with one attached hydrogen (secondary N) is 2. The third kappa shape index (κ3) is 3.06. The van der Waals surface area contributed by atoms with Gasteiger partial charge in [0.2, 0.25) is 17.8 Å². The maximum absolute atomic E-state index is 5.44. The van der Waals surface area contributed by atoms with Crippen LogP contribution in [0, 0.1) is 0 Å². The number of anilines is 3. The van der Waals surface area contributed by atoms with Crippen molar-refractivity contribution in [2.75, 3.05) is 55.1 Å². The number of ether oxygens (including phenoxy) is 1. The molecule has 0 saturated carbocycles. The molecule has 20 heavy (non-hydrogen) atoms. The molecule has 110 valence electrons. The van der Waals surface area contributed by atoms with Gasteiger partial charge in [0, 0.05) is 26.2 Å². The monoisotopic (exact) mass is 280 g/mol. The van der Waals surface area contributed by atoms with Crippen molar-refractivity contribution in [3.8, 4) is 0 Å². The molecule has 0 bridgehead atoms. The molecular weight excluding hydrogens is 260 g/mol. The summed E-state index contributed by atoms with van der Waals surface area (Å²) < 4.78 is 5.31. The van der Waals surface area contributed by atoms with Crippen LogP contribution in [0.5, 0.6) is 0 Å². The Bertz CT molecular complexity index is 444. The van der Waals surface area contributed by atoms with E-state index in [2.05, 4.69) is 30.7 Å². The normalized spacial score (nSPS) is 20.1. The van der Waals surface area contributed by atoms with Gasteiger partial charge >= 0.3 is 0 Å². The average molecular weight is 280 g/mol. The summed E-state index contributed by atoms with van der Waals surface area (Å²) >= 11 is 0. The first-order valence-electron chi connectivity index (χ1n) is 6.92. The fraction of sp³-hybridized carbons (Fsp3) is 0.727. The molecule has 9 heteroatoms. The zero-order valence-corrected chi connectivity index (χ0v) is 11.4. The molecule has 2 fully saturated rings. The highest BCUT2D eigenvalue weighted by Gasteiger charge is 2.18. The second-order valence-electron chi connectivity index (χ2n) is 4.83. The van der Waals surface area contributed by atoms with Crippen LogP contribution in [-0.2, 0) is 4.74 Å². The minimum atomic E-state index is 0.373. The average Bonchev–Trinajstić information content (AvgIpc) is 3.02. The van der Waals surface area contributed by atoms with Gasteiger partial charge in [0.05, 0.1) is 13.2 Å². The van der Waals surface area contributed by atoms with Crippen molar-refractivity contribution in [3.63, 3.8) is 0 Å². The van der Waals surface area contributed by atoms with Crippen LogP contribution in [0.15, 0.2) is 0 Å². The standard InChI is InChI=1S/C11H20N8O/c12-16-9-13-10(17-19-5-7-20-8-6-19)15-11(14-9)18-3-1-2-4-18/h1-8,12H2,(H2,13,14,15,16,17). The van der Waals surface area contributed by atoms with Gasteiger partial charge in [-0.15, -0.1) is 0 Å². The molecule has 2 saturated heterocycles. The minimum Gasteiger partial charge on any atom is -0.379 e. The maximum atomic E-state index is 5.44. The number of nitrogen functional groups attached to an aromatic ring is 1. The highest BCUT2D eigenvalue weighted by atomic mass is 16.5. The molecule has 0 unspecified atom stereocenters. The van der Waals surface area contributed by atoms with Gasteiger partial charge in [0.25, 0.3) is 0 Å². The lowest BCUT2D eigenvalue weighted by Crippen LogP contribution is -2.41. The minimum absolute atomic E-state index is 0.373. The molecule has 0 radical (unpaired) electrons. The first kappa shape index (κ1) is 13.3. The molecule has 0 atom stereocenters. The predicted octanol–water partition coefficient (Wildman–Crippen LogP) is -0.583. The number of hydrazine groups is 2. The molecule has 0 amide bonds. The zero-order valence-electron chi connectivity index (χ0n) is 11.4. The largest absolute Gasteiger partial charge is 0.379 e. The Hall–Kier alpha value is -1.71. The van der Waals surface area contributed by atoms with Crippen LogP contribution in [0.3, 0.4) is 0 Å². The molecule has 1 aromatic rings. The van der Waals surface area contributed by atoms with Gasteiger partial charge in [-0.25, -0.2) is 10.9 Å². The van der Waals surface area contributed by atoms with Crippen LogP contribution >= 0.6 is 0 Å². The van der Waals surface area contributed by atoms with E-state index in [-0.39, 0.29) is 0 Å². The second kappa shape index (κ2) is 6.16. The smallest absolute Gasteiger partial charge is 0.244 e. The van der Waals surface area contributed by atoms with Crippen molar-refractivity contribution in [1.82, 2.24) is 20.0 Å². The lowest BCUT2D eigenvalue weighted by molar-refractivity contribution is 0.0492. The summed E-state index contributed by atoms with van der Waals surface area (Å²) in [4.78, 5) is 15.2. The van der Waals surface area contributed by atoms with Crippen LogP contribution in [0.25, 0.3) is 0 Å². The van der Waals surface area contributed by atoms with Gasteiger partial charge in [-0.05, 0) is 12.8 Å². The van der Waals surface area contributed by atoms with E-state index in [1.807, 2.05) is 5.01 Å². The van der Waals surface area contributed by atoms with Gasteiger partial charge in [0.15, 0.2) is 0 Å². The van der Waals surface area contributed by atoms with Crippen molar-refractivity contribution in [3.05, 3.63) is 0 Å². The highest BCUT2D eigenvalue weighted by molar-refractivity contribution is 5.43. The summed E-state index contributed by atoms with van der Waals surface area (Å²) in [5.41, 5.74) is 5.68. The van der Waals surface area contributed by atoms with E-state index < -0.39 is 0 Å². The lowest BCUT2D eigenvalue weighted by atomic mass is 10.4. The Balaban J connectivity index is 1.76. The third-order valence-electron chi connectivity index (χ3n) is 3.41. The Morgan fingerprint density at radius 2 is 1.65 bits per heavy atom. The number of hydrogen-bond acceptors (Lipinski definition) is 9. The number of aromatic nitrogens is 3. The van der Waals surface area contributed by atoms with Crippen molar-refractivity contribution >= 4 is 17.8 Å². The number of nitrogens with zero attached hydrogens (tertiary/aromatic N) is 5. The van der Waals surface area contributed by atoms with Crippen LogP contribution in [0.2, 0.25) is 0 Å². The first-order chi connectivity index (χ1) is 9.85. The van der Waals surface area contributed by atoms with Gasteiger partial charge in [-0.3, -0.25) is 10.9 Å². The Labute approximate surface area is 117 Å². The van der Waals surface area contributed by atoms with E-state index in [0.717, 1.165) is 26.2 Å². The summed E-state index contributed by atoms with van der Waals surface area (Å²) in [6.07, 6.45) is 2.34. The summed E-state index contributed by atoms with van der Waals surface area (Å²) in [6, 6.07) is 0. The quantitative estimate of drug-likeness (QED) is 0.493. The van der Waals surface area contributed by atoms with Crippen LogP contribution in [0.4, 0.5) is 17.8 Å². The molecule has 3 heterocycles. The van der Waals surface area contributed by atoms with Gasteiger partial charge < -0.3 is 9.64 Å². The molecule has 3 rings (SSSR count). The Morgan fingerprint density at radius 1 is 0.950 bits per heavy atom. The van der Waals surface area contributed by atoms with Crippen molar-refractivity contribution in [1.29, 1.82) is 0 Å². The van der Waals surface area contributed by atoms with Gasteiger partial charge in [-0.2, -0.15) is 15.0 Å². The molecule has 1 aromatic heterocycles. The summed E-state index contributed by atoms with van der Waals surface area (Å²) in [6.45, 7) is 4.97. The van der Waals surface area contributed by atoms with Gasteiger partial charge in [-0.1, -0.05) is 0 Å². The summed E-state index contributed by atoms with van der Waals surface area (Å²) in [7, 11) is 0. The number of hydrogen-bond donors (Lipinski definition) is 3. The lowest BCUT2D eigenvalue weighted by Gasteiger charge is -2.27. The van der Waals surface area contributed by atoms with Crippen molar-refractivity contribution in [2.24, 2.45) is 5.84 Å². The molecular formula is C11H20N8O. The topological polar surface area (TPSA) is 104 Å². The SMILES string of the molecule is NNc1nc(NN2CCOCC2)nc(N2CCCC2)n1. The fourth-order valence-corrected chi connectivity index (χ4v) is 2.35. The van der Waals surface area contributed by atoms with E-state index in [0.29, 0.717) is 31.1 Å². The molecule has 0 aliphatic carbocycles. The van der Waals surface area contributed by atoms with Crippen LogP contribution in [-0.4, -0.2) is 59.4 Å². The molecule has 0 spiro atoms. The molecule has 4 N–H and O–H groups in total. The van der Waals surface area contributed by atoms with E-state index in [1.165, 1.54) is 12.8 Å². The first-order valence-corrected chi connectivity index (χ1v) is 6.92. The predicted molar refractivity (Wildman–Crippen MR) is 75.1 cm³/mol. The molecule has 2 aliphatic heterocycles. The highest BCUT2D eigenvalue weighted by Crippen LogP contribution is 2.18. The van der Waals surface area contributed by atoms with Crippen LogP contribution < -0.4 is 21.6 Å². The van der Waals surface area contributed by atoms with Crippen molar-refractivity contribution in [2.45, 2.75) is 12.8 Å². The molecule has 2 aliphatic rings. The summed E-state index contributed by atoms with van der Waals surface area (Å²) in [5.74, 6) is 6.99. The zero-order chi connectivity index (χ0) is 13.8. The maximum Gasteiger partial charge on any atom is 0.244 e. The Morgan fingerprint density at radius 3 is 2.35 bits per heavy atom. The number of morpholine rings is 1.